The fraction of sp³-hybridized carbons (Fsp3) is 0.429. The second-order valence-corrected chi connectivity index (χ2v) is 5.37. The third-order valence-corrected chi connectivity index (χ3v) is 3.80. The zero-order valence-corrected chi connectivity index (χ0v) is 12.3. The number of alkyl halides is 2. The van der Waals surface area contributed by atoms with Crippen LogP contribution in [0.1, 0.15) is 23.9 Å². The minimum absolute atomic E-state index is 0. The third-order valence-electron chi connectivity index (χ3n) is 3.80. The molecule has 118 valence electrons. The monoisotopic (exact) mass is 329 g/mol. The predicted molar refractivity (Wildman–Crippen MR) is 76.5 cm³/mol. The summed E-state index contributed by atoms with van der Waals surface area (Å²) in [6, 6.07) is 5.08. The number of nitrogens with one attached hydrogen (secondary N) is 1. The molecule has 1 aromatic carbocycles. The smallest absolute Gasteiger partial charge is 0.262 e. The normalized spacial score (nSPS) is 22.0. The number of rotatable bonds is 2. The quantitative estimate of drug-likeness (QED) is 0.918. The van der Waals surface area contributed by atoms with Crippen LogP contribution in [0.2, 0.25) is 0 Å². The van der Waals surface area contributed by atoms with Crippen molar-refractivity contribution in [3.8, 4) is 17.1 Å². The Labute approximate surface area is 131 Å². The molecule has 1 N–H and O–H groups in total. The topological polar surface area (TPSA) is 60.2 Å². The van der Waals surface area contributed by atoms with E-state index in [4.69, 9.17) is 9.26 Å². The number of ether oxygens (including phenoxy) is 1. The number of benzene rings is 1. The average molecular weight is 330 g/mol. The minimum atomic E-state index is -2.72. The van der Waals surface area contributed by atoms with Crippen LogP contribution >= 0.6 is 12.4 Å². The molecule has 2 aromatic rings. The summed E-state index contributed by atoms with van der Waals surface area (Å²) in [7, 11) is 0. The van der Waals surface area contributed by atoms with Gasteiger partial charge in [0.05, 0.1) is 19.2 Å². The average Bonchev–Trinajstić information content (AvgIpc) is 3.15. The summed E-state index contributed by atoms with van der Waals surface area (Å²) in [6.07, 6.45) is 0.539. The maximum Gasteiger partial charge on any atom is 0.262 e. The van der Waals surface area contributed by atoms with Crippen LogP contribution in [0.25, 0.3) is 11.4 Å². The maximum absolute atomic E-state index is 13.2. The Morgan fingerprint density at radius 3 is 2.95 bits per heavy atom. The van der Waals surface area contributed by atoms with Gasteiger partial charge in [-0.1, -0.05) is 5.16 Å². The van der Waals surface area contributed by atoms with Gasteiger partial charge in [-0.3, -0.25) is 5.32 Å². The first-order valence-corrected chi connectivity index (χ1v) is 6.82. The van der Waals surface area contributed by atoms with Crippen molar-refractivity contribution in [1.29, 1.82) is 0 Å². The molecule has 1 aromatic heterocycles. The molecule has 8 heteroatoms. The summed E-state index contributed by atoms with van der Waals surface area (Å²) in [6.45, 7) is 0.322. The highest BCUT2D eigenvalue weighted by Gasteiger charge is 2.42. The zero-order chi connectivity index (χ0) is 14.4. The van der Waals surface area contributed by atoms with Crippen LogP contribution in [-0.2, 0) is 6.42 Å². The first-order chi connectivity index (χ1) is 10.1. The van der Waals surface area contributed by atoms with Crippen molar-refractivity contribution in [2.75, 3.05) is 13.2 Å². The number of hydrogen-bond donors (Lipinski definition) is 1. The summed E-state index contributed by atoms with van der Waals surface area (Å²) < 4.78 is 37.0. The highest BCUT2D eigenvalue weighted by Crippen LogP contribution is 2.34. The van der Waals surface area contributed by atoms with Gasteiger partial charge in [0.1, 0.15) is 5.75 Å². The Balaban J connectivity index is 0.00000144. The minimum Gasteiger partial charge on any atom is -0.493 e. The van der Waals surface area contributed by atoms with Crippen LogP contribution < -0.4 is 10.1 Å². The Kier molecular flexibility index (Phi) is 3.78. The highest BCUT2D eigenvalue weighted by molar-refractivity contribution is 5.85. The molecule has 0 spiro atoms. The number of hydrogen-bond acceptors (Lipinski definition) is 5. The molecule has 5 nitrogen and oxygen atoms in total. The van der Waals surface area contributed by atoms with E-state index in [1.165, 1.54) is 0 Å². The highest BCUT2D eigenvalue weighted by atomic mass is 35.5. The van der Waals surface area contributed by atoms with Crippen molar-refractivity contribution in [2.45, 2.75) is 24.8 Å². The van der Waals surface area contributed by atoms with Crippen molar-refractivity contribution >= 4 is 12.4 Å². The lowest BCUT2D eigenvalue weighted by Gasteiger charge is -2.04. The van der Waals surface area contributed by atoms with Crippen LogP contribution in [0.4, 0.5) is 8.78 Å². The van der Waals surface area contributed by atoms with Gasteiger partial charge < -0.3 is 9.26 Å². The Hall–Kier alpha value is -1.73. The van der Waals surface area contributed by atoms with E-state index in [9.17, 15) is 8.78 Å². The van der Waals surface area contributed by atoms with E-state index in [0.29, 0.717) is 12.4 Å². The standard InChI is InChI=1S/C14H13F2N3O2.ClH/c15-14(16)6-10(17-7-14)13-18-12(19-21-13)9-1-2-11-8(5-9)3-4-20-11;/h1-2,5,10,17H,3-4,6-7H2;1H. The molecule has 0 radical (unpaired) electrons. The van der Waals surface area contributed by atoms with Crippen LogP contribution in [0.3, 0.4) is 0 Å². The summed E-state index contributed by atoms with van der Waals surface area (Å²) in [5.74, 6) is -1.22. The fourth-order valence-corrected chi connectivity index (χ4v) is 2.71. The van der Waals surface area contributed by atoms with E-state index in [2.05, 4.69) is 15.5 Å². The first-order valence-electron chi connectivity index (χ1n) is 6.82. The molecule has 0 amide bonds. The van der Waals surface area contributed by atoms with Gasteiger partial charge in [-0.15, -0.1) is 12.4 Å². The van der Waals surface area contributed by atoms with Gasteiger partial charge in [-0.05, 0) is 23.8 Å². The second-order valence-electron chi connectivity index (χ2n) is 5.37. The summed E-state index contributed by atoms with van der Waals surface area (Å²) in [4.78, 5) is 4.24. The largest absolute Gasteiger partial charge is 0.493 e. The zero-order valence-electron chi connectivity index (χ0n) is 11.5. The SMILES string of the molecule is Cl.FC1(F)CNC(c2nc(-c3ccc4c(c3)CCO4)no2)C1. The molecule has 0 saturated carbocycles. The van der Waals surface area contributed by atoms with Crippen molar-refractivity contribution < 1.29 is 18.0 Å². The second kappa shape index (κ2) is 5.48. The molecule has 2 aliphatic rings. The fourth-order valence-electron chi connectivity index (χ4n) is 2.71. The molecular weight excluding hydrogens is 316 g/mol. The molecule has 1 atom stereocenters. The van der Waals surface area contributed by atoms with E-state index < -0.39 is 12.0 Å². The summed E-state index contributed by atoms with van der Waals surface area (Å²) in [5, 5.41) is 6.60. The van der Waals surface area contributed by atoms with Crippen molar-refractivity contribution in [3.05, 3.63) is 29.7 Å². The maximum atomic E-state index is 13.2. The third kappa shape index (κ3) is 2.66. The number of nitrogens with zero attached hydrogens (tertiary/aromatic N) is 2. The Morgan fingerprint density at radius 1 is 1.32 bits per heavy atom. The molecule has 22 heavy (non-hydrogen) atoms. The lowest BCUT2D eigenvalue weighted by atomic mass is 10.1. The molecule has 0 bridgehead atoms. The van der Waals surface area contributed by atoms with Crippen LogP contribution in [0.15, 0.2) is 22.7 Å². The van der Waals surface area contributed by atoms with E-state index in [1.54, 1.807) is 0 Å². The van der Waals surface area contributed by atoms with E-state index >= 15 is 0 Å². The molecule has 4 rings (SSSR count). The predicted octanol–water partition coefficient (Wildman–Crippen LogP) is 2.76. The number of halogens is 3. The van der Waals surface area contributed by atoms with Gasteiger partial charge in [0, 0.05) is 18.4 Å². The van der Waals surface area contributed by atoms with Crippen LogP contribution in [-0.4, -0.2) is 29.2 Å². The van der Waals surface area contributed by atoms with Gasteiger partial charge in [-0.2, -0.15) is 4.98 Å². The summed E-state index contributed by atoms with van der Waals surface area (Å²) in [5.41, 5.74) is 1.91. The van der Waals surface area contributed by atoms with Crippen molar-refractivity contribution in [2.24, 2.45) is 0 Å². The van der Waals surface area contributed by atoms with E-state index in [0.717, 1.165) is 23.3 Å². The van der Waals surface area contributed by atoms with Gasteiger partial charge in [0.2, 0.25) is 11.7 Å². The molecule has 3 heterocycles. The van der Waals surface area contributed by atoms with Crippen molar-refractivity contribution in [3.63, 3.8) is 0 Å². The molecule has 1 unspecified atom stereocenters. The first kappa shape index (κ1) is 15.2. The van der Waals surface area contributed by atoms with E-state index in [1.807, 2.05) is 18.2 Å². The summed E-state index contributed by atoms with van der Waals surface area (Å²) >= 11 is 0. The Bertz CT molecular complexity index is 692. The number of fused-ring (bicyclic) bond motifs is 1. The molecule has 1 fully saturated rings. The lowest BCUT2D eigenvalue weighted by Crippen LogP contribution is -2.19. The Morgan fingerprint density at radius 2 is 2.18 bits per heavy atom. The number of aromatic nitrogens is 2. The van der Waals surface area contributed by atoms with E-state index in [-0.39, 0.29) is 31.3 Å². The van der Waals surface area contributed by atoms with Gasteiger partial charge in [-0.25, -0.2) is 8.78 Å². The van der Waals surface area contributed by atoms with Crippen molar-refractivity contribution in [1.82, 2.24) is 15.5 Å². The molecule has 0 aliphatic carbocycles. The van der Waals surface area contributed by atoms with Gasteiger partial charge >= 0.3 is 0 Å². The molecule has 1 saturated heterocycles. The van der Waals surface area contributed by atoms with Crippen LogP contribution in [0, 0.1) is 0 Å². The molecule has 2 aliphatic heterocycles. The van der Waals surface area contributed by atoms with Crippen LogP contribution in [0.5, 0.6) is 5.75 Å². The molecular formula is C14H14ClF2N3O2. The lowest BCUT2D eigenvalue weighted by molar-refractivity contribution is 0.0200. The van der Waals surface area contributed by atoms with Gasteiger partial charge in [0.15, 0.2) is 0 Å². The van der Waals surface area contributed by atoms with Gasteiger partial charge in [0.25, 0.3) is 5.92 Å².